The van der Waals surface area contributed by atoms with Gasteiger partial charge in [0.05, 0.1) is 31.0 Å². The monoisotopic (exact) mass is 550 g/mol. The molecule has 0 aromatic heterocycles. The van der Waals surface area contributed by atoms with E-state index in [1.165, 1.54) is 41.9 Å². The highest BCUT2D eigenvalue weighted by Crippen LogP contribution is 2.57. The van der Waals surface area contributed by atoms with Crippen LogP contribution in [0.3, 0.4) is 0 Å². The van der Waals surface area contributed by atoms with Crippen molar-refractivity contribution in [1.82, 2.24) is 5.32 Å². The summed E-state index contributed by atoms with van der Waals surface area (Å²) in [5.41, 5.74) is -1.25. The molecule has 4 rings (SSSR count). The number of phenols is 2. The summed E-state index contributed by atoms with van der Waals surface area (Å²) in [6.45, 7) is 5.77. The van der Waals surface area contributed by atoms with Gasteiger partial charge in [-0.05, 0) is 39.8 Å². The fourth-order valence-electron chi connectivity index (χ4n) is 4.93. The van der Waals surface area contributed by atoms with Gasteiger partial charge in [-0.2, -0.15) is 0 Å². The van der Waals surface area contributed by atoms with E-state index in [1.807, 2.05) is 0 Å². The second-order valence-electron chi connectivity index (χ2n) is 9.68. The van der Waals surface area contributed by atoms with Gasteiger partial charge in [0.25, 0.3) is 0 Å². The summed E-state index contributed by atoms with van der Waals surface area (Å²) in [4.78, 5) is 51.7. The number of hydrogen-bond acceptors (Lipinski definition) is 10. The zero-order chi connectivity index (χ0) is 29.5. The molecule has 2 aliphatic rings. The van der Waals surface area contributed by atoms with Crippen LogP contribution in [-0.2, 0) is 19.8 Å². The average molecular weight is 551 g/mol. The number of allylic oxidation sites excluding steroid dienone is 4. The first-order valence-electron chi connectivity index (χ1n) is 12.4. The normalized spacial score (nSPS) is 18.7. The van der Waals surface area contributed by atoms with E-state index >= 15 is 0 Å². The number of carbonyl (C=O) groups excluding carboxylic acids is 4. The quantitative estimate of drug-likeness (QED) is 0.218. The second kappa shape index (κ2) is 10.4. The molecule has 1 aliphatic heterocycles. The molecular formula is C29H30N2O9. The van der Waals surface area contributed by atoms with Crippen LogP contribution in [0.15, 0.2) is 41.3 Å². The number of fused-ring (bicyclic) bond motifs is 3. The summed E-state index contributed by atoms with van der Waals surface area (Å²) in [5, 5.41) is 27.1. The number of amides is 1. The largest absolute Gasteiger partial charge is 0.507 e. The lowest BCUT2D eigenvalue weighted by atomic mass is 9.70. The number of nitrogens with one attached hydrogen (secondary N) is 2. The topological polar surface area (TPSA) is 160 Å². The molecule has 11 heteroatoms. The first kappa shape index (κ1) is 28.2. The molecule has 0 bridgehead atoms. The van der Waals surface area contributed by atoms with Crippen LogP contribution in [0.5, 0.6) is 28.7 Å². The van der Waals surface area contributed by atoms with E-state index in [-0.39, 0.29) is 58.3 Å². The molecule has 1 aliphatic carbocycles. The van der Waals surface area contributed by atoms with Gasteiger partial charge in [-0.15, -0.1) is 0 Å². The van der Waals surface area contributed by atoms with Crippen LogP contribution in [0.25, 0.3) is 0 Å². The highest BCUT2D eigenvalue weighted by molar-refractivity contribution is 6.31. The molecule has 11 nitrogen and oxygen atoms in total. The van der Waals surface area contributed by atoms with Gasteiger partial charge in [0.2, 0.25) is 5.91 Å². The Labute approximate surface area is 230 Å². The van der Waals surface area contributed by atoms with Crippen molar-refractivity contribution in [3.05, 3.63) is 58.0 Å². The Bertz CT molecular complexity index is 1540. The van der Waals surface area contributed by atoms with E-state index in [1.54, 1.807) is 18.2 Å². The lowest BCUT2D eigenvalue weighted by Crippen LogP contribution is -2.41. The maximum atomic E-state index is 13.8. The van der Waals surface area contributed by atoms with Crippen LogP contribution in [-0.4, -0.2) is 54.2 Å². The molecule has 0 radical (unpaired) electrons. The number of ether oxygens (including phenoxy) is 3. The fourth-order valence-corrected chi connectivity index (χ4v) is 4.93. The number of hydrogen-bond donors (Lipinski definition) is 4. The minimum Gasteiger partial charge on any atom is -0.507 e. The molecule has 0 saturated carbocycles. The Morgan fingerprint density at radius 2 is 1.77 bits per heavy atom. The minimum absolute atomic E-state index is 0.00766. The number of aromatic hydroxyl groups is 2. The molecule has 1 heterocycles. The Morgan fingerprint density at radius 1 is 1.07 bits per heavy atom. The molecule has 2 aromatic rings. The van der Waals surface area contributed by atoms with Gasteiger partial charge in [0.1, 0.15) is 45.5 Å². The SMILES string of the molecule is COc1ccc(NC(=O)CCN/C(C)=C2\C(=O)C=C3Oc4c(C(C)=O)c(O)c(C)c(O)c4[C@]3(C)C2=O)c(OC)c1. The molecule has 0 spiro atoms. The molecule has 1 atom stereocenters. The van der Waals surface area contributed by atoms with Crippen LogP contribution in [0.2, 0.25) is 0 Å². The van der Waals surface area contributed by atoms with Gasteiger partial charge in [0.15, 0.2) is 17.3 Å². The molecule has 4 N–H and O–H groups in total. The summed E-state index contributed by atoms with van der Waals surface area (Å²) >= 11 is 0. The Hall–Kier alpha value is -4.80. The van der Waals surface area contributed by atoms with Crippen molar-refractivity contribution < 1.29 is 43.6 Å². The number of ketones is 3. The van der Waals surface area contributed by atoms with E-state index in [0.717, 1.165) is 6.08 Å². The van der Waals surface area contributed by atoms with Crippen molar-refractivity contribution in [2.24, 2.45) is 0 Å². The van der Waals surface area contributed by atoms with E-state index in [2.05, 4.69) is 10.6 Å². The van der Waals surface area contributed by atoms with Crippen molar-refractivity contribution in [2.45, 2.75) is 39.5 Å². The summed E-state index contributed by atoms with van der Waals surface area (Å²) in [6, 6.07) is 4.96. The first-order valence-corrected chi connectivity index (χ1v) is 12.4. The third-order valence-electron chi connectivity index (χ3n) is 7.18. The number of Topliss-reactive ketones (excluding diaryl/α,β-unsaturated/α-hetero) is 2. The highest BCUT2D eigenvalue weighted by atomic mass is 16.5. The van der Waals surface area contributed by atoms with Gasteiger partial charge in [-0.3, -0.25) is 19.2 Å². The zero-order valence-electron chi connectivity index (χ0n) is 23.0. The minimum atomic E-state index is -1.61. The fraction of sp³-hybridized carbons (Fsp3) is 0.310. The summed E-state index contributed by atoms with van der Waals surface area (Å²) in [7, 11) is 2.99. The number of rotatable bonds is 8. The Morgan fingerprint density at radius 3 is 2.40 bits per heavy atom. The van der Waals surface area contributed by atoms with Crippen molar-refractivity contribution in [3.63, 3.8) is 0 Å². The predicted molar refractivity (Wildman–Crippen MR) is 144 cm³/mol. The van der Waals surface area contributed by atoms with E-state index in [0.29, 0.717) is 17.2 Å². The number of methoxy groups -OCH3 is 2. The van der Waals surface area contributed by atoms with Crippen molar-refractivity contribution in [3.8, 4) is 28.7 Å². The third-order valence-corrected chi connectivity index (χ3v) is 7.18. The van der Waals surface area contributed by atoms with Gasteiger partial charge >= 0.3 is 0 Å². The predicted octanol–water partition coefficient (Wildman–Crippen LogP) is 3.20. The number of benzene rings is 2. The van der Waals surface area contributed by atoms with E-state index in [4.69, 9.17) is 14.2 Å². The molecule has 40 heavy (non-hydrogen) atoms. The second-order valence-corrected chi connectivity index (χ2v) is 9.68. The van der Waals surface area contributed by atoms with Crippen molar-refractivity contribution in [1.29, 1.82) is 0 Å². The molecule has 0 fully saturated rings. The maximum absolute atomic E-state index is 13.8. The summed E-state index contributed by atoms with van der Waals surface area (Å²) in [6.07, 6.45) is 1.15. The van der Waals surface area contributed by atoms with E-state index in [9.17, 15) is 29.4 Å². The molecule has 210 valence electrons. The first-order chi connectivity index (χ1) is 18.9. The van der Waals surface area contributed by atoms with Crippen molar-refractivity contribution in [2.75, 3.05) is 26.1 Å². The molecule has 2 aromatic carbocycles. The van der Waals surface area contributed by atoms with Gasteiger partial charge in [-0.1, -0.05) is 0 Å². The third kappa shape index (κ3) is 4.42. The zero-order valence-corrected chi connectivity index (χ0v) is 23.0. The lowest BCUT2D eigenvalue weighted by Gasteiger charge is -2.29. The summed E-state index contributed by atoms with van der Waals surface area (Å²) in [5.74, 6) is -2.21. The summed E-state index contributed by atoms with van der Waals surface area (Å²) < 4.78 is 16.2. The smallest absolute Gasteiger partial charge is 0.226 e. The molecule has 0 unspecified atom stereocenters. The standard InChI is InChI=1S/C29H30N2O9/c1-13-25(35)23(15(3)32)27-24(26(13)36)29(4)20(40-27)12-18(33)22(28(29)37)14(2)30-10-9-21(34)31-17-8-7-16(38-5)11-19(17)39-6/h7-8,11-12,30,35-36H,9-10H2,1-6H3,(H,31,34)/b22-14+/t29-/m1/s1. The number of anilines is 1. The highest BCUT2D eigenvalue weighted by Gasteiger charge is 2.56. The Balaban J connectivity index is 1.57. The van der Waals surface area contributed by atoms with Crippen LogP contribution in [0.1, 0.15) is 48.7 Å². The number of phenolic OH excluding ortho intramolecular Hbond substituents is 2. The van der Waals surface area contributed by atoms with Gasteiger partial charge in [-0.25, -0.2) is 0 Å². The molecule has 1 amide bonds. The lowest BCUT2D eigenvalue weighted by molar-refractivity contribution is -0.123. The van der Waals surface area contributed by atoms with Crippen LogP contribution in [0.4, 0.5) is 5.69 Å². The average Bonchev–Trinajstić information content (AvgIpc) is 3.20. The van der Waals surface area contributed by atoms with Crippen molar-refractivity contribution >= 4 is 28.9 Å². The molecule has 0 saturated heterocycles. The number of carbonyl (C=O) groups is 4. The molecular weight excluding hydrogens is 520 g/mol. The van der Waals surface area contributed by atoms with Crippen LogP contribution in [0, 0.1) is 6.92 Å². The van der Waals surface area contributed by atoms with Crippen LogP contribution >= 0.6 is 0 Å². The van der Waals surface area contributed by atoms with E-state index < -0.39 is 34.3 Å². The Kier molecular flexibility index (Phi) is 7.34. The van der Waals surface area contributed by atoms with Gasteiger partial charge < -0.3 is 35.1 Å². The maximum Gasteiger partial charge on any atom is 0.226 e. The van der Waals surface area contributed by atoms with Crippen LogP contribution < -0.4 is 24.8 Å². The van der Waals surface area contributed by atoms with Gasteiger partial charge in [0, 0.05) is 36.4 Å².